The molecule has 1 saturated heterocycles. The molecule has 1 fully saturated rings. The summed E-state index contributed by atoms with van der Waals surface area (Å²) in [7, 11) is 0. The number of carbonyl (C=O) groups excluding carboxylic acids is 2. The lowest BCUT2D eigenvalue weighted by Crippen LogP contribution is -2.37. The Bertz CT molecular complexity index is 443. The molecule has 5 heteroatoms. The SMILES string of the molecule is O=C1CC(c2ccc(F)c(F)c2)CC(=O)N1. The third-order valence-corrected chi connectivity index (χ3v) is 2.56. The van der Waals surface area contributed by atoms with Gasteiger partial charge in [-0.3, -0.25) is 14.9 Å². The summed E-state index contributed by atoms with van der Waals surface area (Å²) in [5, 5.41) is 2.16. The van der Waals surface area contributed by atoms with Gasteiger partial charge in [-0.25, -0.2) is 8.78 Å². The maximum Gasteiger partial charge on any atom is 0.227 e. The molecule has 0 aromatic heterocycles. The van der Waals surface area contributed by atoms with Crippen LogP contribution in [0.5, 0.6) is 0 Å². The van der Waals surface area contributed by atoms with Crippen LogP contribution >= 0.6 is 0 Å². The average Bonchev–Trinajstić information content (AvgIpc) is 2.20. The number of halogens is 2. The summed E-state index contributed by atoms with van der Waals surface area (Å²) in [6.45, 7) is 0. The van der Waals surface area contributed by atoms with E-state index in [0.717, 1.165) is 12.1 Å². The van der Waals surface area contributed by atoms with E-state index in [0.29, 0.717) is 5.56 Å². The van der Waals surface area contributed by atoms with Crippen molar-refractivity contribution in [2.75, 3.05) is 0 Å². The lowest BCUT2D eigenvalue weighted by molar-refractivity contribution is -0.133. The molecule has 0 aliphatic carbocycles. The van der Waals surface area contributed by atoms with E-state index in [1.165, 1.54) is 6.07 Å². The summed E-state index contributed by atoms with van der Waals surface area (Å²) < 4.78 is 25.7. The van der Waals surface area contributed by atoms with Crippen molar-refractivity contribution >= 4 is 11.8 Å². The van der Waals surface area contributed by atoms with Gasteiger partial charge in [-0.1, -0.05) is 6.07 Å². The Labute approximate surface area is 90.5 Å². The molecule has 0 atom stereocenters. The second-order valence-corrected chi connectivity index (χ2v) is 3.75. The van der Waals surface area contributed by atoms with Gasteiger partial charge in [0.25, 0.3) is 0 Å². The normalized spacial score (nSPS) is 17.4. The highest BCUT2D eigenvalue weighted by atomic mass is 19.2. The zero-order valence-electron chi connectivity index (χ0n) is 8.30. The molecule has 0 radical (unpaired) electrons. The van der Waals surface area contributed by atoms with E-state index in [2.05, 4.69) is 5.32 Å². The molecule has 3 nitrogen and oxygen atoms in total. The Hall–Kier alpha value is -1.78. The van der Waals surface area contributed by atoms with Gasteiger partial charge in [0.1, 0.15) is 0 Å². The lowest BCUT2D eigenvalue weighted by atomic mass is 9.89. The zero-order valence-corrected chi connectivity index (χ0v) is 8.30. The van der Waals surface area contributed by atoms with Crippen LogP contribution in [0.1, 0.15) is 24.3 Å². The third kappa shape index (κ3) is 2.08. The van der Waals surface area contributed by atoms with Gasteiger partial charge < -0.3 is 0 Å². The summed E-state index contributed by atoms with van der Waals surface area (Å²) >= 11 is 0. The summed E-state index contributed by atoms with van der Waals surface area (Å²) in [6, 6.07) is 3.43. The summed E-state index contributed by atoms with van der Waals surface area (Å²) in [5.41, 5.74) is 0.474. The van der Waals surface area contributed by atoms with Gasteiger partial charge in [0.05, 0.1) is 0 Å². The fourth-order valence-electron chi connectivity index (χ4n) is 1.78. The molecule has 1 aromatic carbocycles. The molecule has 0 unspecified atom stereocenters. The third-order valence-electron chi connectivity index (χ3n) is 2.56. The van der Waals surface area contributed by atoms with Crippen LogP contribution in [0.2, 0.25) is 0 Å². The van der Waals surface area contributed by atoms with E-state index in [9.17, 15) is 18.4 Å². The van der Waals surface area contributed by atoms with E-state index < -0.39 is 11.6 Å². The fraction of sp³-hybridized carbons (Fsp3) is 0.273. The van der Waals surface area contributed by atoms with Crippen molar-refractivity contribution in [1.29, 1.82) is 0 Å². The molecule has 84 valence electrons. The molecule has 0 saturated carbocycles. The predicted molar refractivity (Wildman–Crippen MR) is 51.5 cm³/mol. The highest BCUT2D eigenvalue weighted by molar-refractivity contribution is 5.98. The van der Waals surface area contributed by atoms with Crippen LogP contribution < -0.4 is 5.32 Å². The maximum atomic E-state index is 13.0. The van der Waals surface area contributed by atoms with Gasteiger partial charge in [0.2, 0.25) is 11.8 Å². The van der Waals surface area contributed by atoms with Gasteiger partial charge in [-0.15, -0.1) is 0 Å². The van der Waals surface area contributed by atoms with Crippen LogP contribution in [0.3, 0.4) is 0 Å². The standard InChI is InChI=1S/C11H9F2NO2/c12-8-2-1-6(3-9(8)13)7-4-10(15)14-11(16)5-7/h1-3,7H,4-5H2,(H,14,15,16). The summed E-state index contributed by atoms with van der Waals surface area (Å²) in [5.74, 6) is -3.03. The van der Waals surface area contributed by atoms with Crippen LogP contribution in [-0.2, 0) is 9.59 Å². The van der Waals surface area contributed by atoms with Gasteiger partial charge in [0.15, 0.2) is 11.6 Å². The molecule has 16 heavy (non-hydrogen) atoms. The van der Waals surface area contributed by atoms with Crippen LogP contribution in [0.15, 0.2) is 18.2 Å². The Morgan fingerprint density at radius 1 is 1.06 bits per heavy atom. The minimum Gasteiger partial charge on any atom is -0.296 e. The minimum absolute atomic E-state index is 0.122. The van der Waals surface area contributed by atoms with Crippen LogP contribution in [0.4, 0.5) is 8.78 Å². The number of carbonyl (C=O) groups is 2. The van der Waals surface area contributed by atoms with Crippen LogP contribution in [0, 0.1) is 11.6 Å². The molecule has 1 N–H and O–H groups in total. The van der Waals surface area contributed by atoms with Crippen molar-refractivity contribution in [3.63, 3.8) is 0 Å². The maximum absolute atomic E-state index is 13.0. The van der Waals surface area contributed by atoms with Crippen molar-refractivity contribution in [3.05, 3.63) is 35.4 Å². The molecular weight excluding hydrogens is 216 g/mol. The lowest BCUT2D eigenvalue weighted by Gasteiger charge is -2.21. The molecule has 1 aliphatic heterocycles. The van der Waals surface area contributed by atoms with Gasteiger partial charge in [-0.2, -0.15) is 0 Å². The quantitative estimate of drug-likeness (QED) is 0.736. The zero-order chi connectivity index (χ0) is 11.7. The van der Waals surface area contributed by atoms with E-state index in [1.54, 1.807) is 0 Å². The Balaban J connectivity index is 2.26. The topological polar surface area (TPSA) is 46.2 Å². The highest BCUT2D eigenvalue weighted by Gasteiger charge is 2.26. The average molecular weight is 225 g/mol. The molecule has 1 aromatic rings. The molecule has 0 spiro atoms. The van der Waals surface area contributed by atoms with Crippen molar-refractivity contribution in [3.8, 4) is 0 Å². The first kappa shape index (κ1) is 10.7. The summed E-state index contributed by atoms with van der Waals surface area (Å²) in [6.07, 6.45) is 0.244. The number of nitrogens with one attached hydrogen (secondary N) is 1. The second-order valence-electron chi connectivity index (χ2n) is 3.75. The molecular formula is C11H9F2NO2. The molecule has 2 rings (SSSR count). The number of hydrogen-bond acceptors (Lipinski definition) is 2. The Morgan fingerprint density at radius 2 is 1.69 bits per heavy atom. The number of piperidine rings is 1. The fourth-order valence-corrected chi connectivity index (χ4v) is 1.78. The number of benzene rings is 1. The number of rotatable bonds is 1. The number of imide groups is 1. The van der Waals surface area contributed by atoms with E-state index >= 15 is 0 Å². The van der Waals surface area contributed by atoms with Crippen LogP contribution in [0.25, 0.3) is 0 Å². The molecule has 1 aliphatic rings. The van der Waals surface area contributed by atoms with E-state index in [4.69, 9.17) is 0 Å². The molecule has 0 bridgehead atoms. The molecule has 1 heterocycles. The van der Waals surface area contributed by atoms with Gasteiger partial charge in [0, 0.05) is 18.8 Å². The molecule has 2 amide bonds. The van der Waals surface area contributed by atoms with Crippen molar-refractivity contribution in [2.45, 2.75) is 18.8 Å². The first-order valence-corrected chi connectivity index (χ1v) is 4.84. The van der Waals surface area contributed by atoms with Gasteiger partial charge >= 0.3 is 0 Å². The number of amides is 2. The van der Waals surface area contributed by atoms with E-state index in [1.807, 2.05) is 0 Å². The second kappa shape index (κ2) is 4.00. The van der Waals surface area contributed by atoms with Gasteiger partial charge in [-0.05, 0) is 17.7 Å². The minimum atomic E-state index is -0.962. The Morgan fingerprint density at radius 3 is 2.25 bits per heavy atom. The van der Waals surface area contributed by atoms with Crippen molar-refractivity contribution < 1.29 is 18.4 Å². The highest BCUT2D eigenvalue weighted by Crippen LogP contribution is 2.27. The monoisotopic (exact) mass is 225 g/mol. The number of hydrogen-bond donors (Lipinski definition) is 1. The first-order chi connectivity index (χ1) is 7.56. The summed E-state index contributed by atoms with van der Waals surface area (Å²) in [4.78, 5) is 22.2. The largest absolute Gasteiger partial charge is 0.296 e. The van der Waals surface area contributed by atoms with Crippen molar-refractivity contribution in [2.24, 2.45) is 0 Å². The smallest absolute Gasteiger partial charge is 0.227 e. The van der Waals surface area contributed by atoms with E-state index in [-0.39, 0.29) is 30.6 Å². The Kier molecular flexibility index (Phi) is 2.68. The predicted octanol–water partition coefficient (Wildman–Crippen LogP) is 1.49. The first-order valence-electron chi connectivity index (χ1n) is 4.84. The van der Waals surface area contributed by atoms with Crippen LogP contribution in [-0.4, -0.2) is 11.8 Å². The van der Waals surface area contributed by atoms with Crippen molar-refractivity contribution in [1.82, 2.24) is 5.32 Å².